The van der Waals surface area contributed by atoms with Crippen molar-refractivity contribution in [3.63, 3.8) is 0 Å². The molecule has 18 heavy (non-hydrogen) atoms. The number of hydrogen-bond donors (Lipinski definition) is 4. The van der Waals surface area contributed by atoms with Crippen LogP contribution in [0.3, 0.4) is 0 Å². The first kappa shape index (κ1) is 15.0. The average molecular weight is 271 g/mol. The van der Waals surface area contributed by atoms with E-state index in [4.69, 9.17) is 10.9 Å². The largest absolute Gasteiger partial charge is 0.396 e. The van der Waals surface area contributed by atoms with Gasteiger partial charge in [-0.25, -0.2) is 15.8 Å². The van der Waals surface area contributed by atoms with Crippen molar-refractivity contribution in [2.24, 2.45) is 5.84 Å². The predicted molar refractivity (Wildman–Crippen MR) is 76.7 cm³/mol. The van der Waals surface area contributed by atoms with Crippen LogP contribution in [0.2, 0.25) is 0 Å². The first-order valence-electron chi connectivity index (χ1n) is 6.07. The smallest absolute Gasteiger partial charge is 0.145 e. The molecule has 1 rings (SSSR count). The van der Waals surface area contributed by atoms with E-state index in [2.05, 4.69) is 20.7 Å². The minimum Gasteiger partial charge on any atom is -0.396 e. The Balaban J connectivity index is 2.36. The van der Waals surface area contributed by atoms with Crippen LogP contribution in [0.25, 0.3) is 0 Å². The maximum absolute atomic E-state index is 8.65. The number of hydrazine groups is 1. The summed E-state index contributed by atoms with van der Waals surface area (Å²) in [5.41, 5.74) is 2.54. The average Bonchev–Trinajstić information content (AvgIpc) is 2.42. The Labute approximate surface area is 112 Å². The molecule has 1 heterocycles. The van der Waals surface area contributed by atoms with Gasteiger partial charge in [-0.05, 0) is 12.2 Å². The van der Waals surface area contributed by atoms with Gasteiger partial charge in [-0.1, -0.05) is 6.92 Å². The fourth-order valence-corrected chi connectivity index (χ4v) is 2.12. The number of hydrogen-bond acceptors (Lipinski definition) is 7. The zero-order valence-electron chi connectivity index (χ0n) is 10.6. The summed E-state index contributed by atoms with van der Waals surface area (Å²) in [6.45, 7) is 3.10. The van der Waals surface area contributed by atoms with Crippen LogP contribution >= 0.6 is 11.8 Å². The molecule has 0 aromatic carbocycles. The second kappa shape index (κ2) is 8.96. The molecule has 0 aliphatic heterocycles. The van der Waals surface area contributed by atoms with Crippen molar-refractivity contribution >= 4 is 23.4 Å². The number of thioether (sulfide) groups is 1. The van der Waals surface area contributed by atoms with E-state index in [0.29, 0.717) is 5.82 Å². The third-order valence-corrected chi connectivity index (χ3v) is 3.31. The van der Waals surface area contributed by atoms with Crippen LogP contribution in [0.4, 0.5) is 11.6 Å². The molecule has 0 unspecified atom stereocenters. The standard InChI is InChI=1S/C11H21N5OS/c1-2-9-14-10(8-11(15-9)16-12)13-4-7-18-6-3-5-17/h8,17H,2-7,12H2,1H3,(H2,13,14,15,16). The summed E-state index contributed by atoms with van der Waals surface area (Å²) < 4.78 is 0. The van der Waals surface area contributed by atoms with Crippen LogP contribution in [0.15, 0.2) is 6.07 Å². The molecule has 0 bridgehead atoms. The number of nitrogens with one attached hydrogen (secondary N) is 2. The van der Waals surface area contributed by atoms with Gasteiger partial charge in [-0.3, -0.25) is 0 Å². The molecule has 0 saturated heterocycles. The molecule has 0 radical (unpaired) electrons. The van der Waals surface area contributed by atoms with E-state index >= 15 is 0 Å². The summed E-state index contributed by atoms with van der Waals surface area (Å²) in [5, 5.41) is 11.9. The lowest BCUT2D eigenvalue weighted by atomic mass is 10.4. The molecule has 7 heteroatoms. The Morgan fingerprint density at radius 1 is 1.33 bits per heavy atom. The number of nitrogens with two attached hydrogens (primary N) is 1. The van der Waals surface area contributed by atoms with Gasteiger partial charge in [-0.15, -0.1) is 0 Å². The van der Waals surface area contributed by atoms with E-state index < -0.39 is 0 Å². The zero-order chi connectivity index (χ0) is 13.2. The monoisotopic (exact) mass is 271 g/mol. The molecule has 5 N–H and O–H groups in total. The molecule has 0 aliphatic rings. The zero-order valence-corrected chi connectivity index (χ0v) is 11.5. The first-order chi connectivity index (χ1) is 8.80. The van der Waals surface area contributed by atoms with Gasteiger partial charge in [0.25, 0.3) is 0 Å². The van der Waals surface area contributed by atoms with E-state index in [9.17, 15) is 0 Å². The van der Waals surface area contributed by atoms with E-state index in [1.165, 1.54) is 0 Å². The number of aliphatic hydroxyl groups is 1. The molecule has 1 aromatic rings. The van der Waals surface area contributed by atoms with Gasteiger partial charge in [0, 0.05) is 31.4 Å². The van der Waals surface area contributed by atoms with Crippen LogP contribution in [0, 0.1) is 0 Å². The van der Waals surface area contributed by atoms with Crippen molar-refractivity contribution in [2.75, 3.05) is 35.4 Å². The van der Waals surface area contributed by atoms with E-state index in [0.717, 1.165) is 42.5 Å². The molecule has 102 valence electrons. The normalized spacial score (nSPS) is 10.4. The SMILES string of the molecule is CCc1nc(NN)cc(NCCSCCCO)n1. The molecule has 0 amide bonds. The molecule has 1 aromatic heterocycles. The van der Waals surface area contributed by atoms with Gasteiger partial charge in [0.05, 0.1) is 0 Å². The maximum Gasteiger partial charge on any atom is 0.145 e. The van der Waals surface area contributed by atoms with Crippen LogP contribution in [0.5, 0.6) is 0 Å². The second-order valence-electron chi connectivity index (χ2n) is 3.67. The Hall–Kier alpha value is -1.05. The van der Waals surface area contributed by atoms with E-state index in [1.807, 2.05) is 18.7 Å². The van der Waals surface area contributed by atoms with Crippen molar-refractivity contribution in [3.8, 4) is 0 Å². The number of aryl methyl sites for hydroxylation is 1. The van der Waals surface area contributed by atoms with Gasteiger partial charge in [0.15, 0.2) is 0 Å². The lowest BCUT2D eigenvalue weighted by Gasteiger charge is -2.08. The lowest BCUT2D eigenvalue weighted by molar-refractivity contribution is 0.296. The highest BCUT2D eigenvalue weighted by molar-refractivity contribution is 7.99. The quantitative estimate of drug-likeness (QED) is 0.300. The highest BCUT2D eigenvalue weighted by Crippen LogP contribution is 2.11. The topological polar surface area (TPSA) is 96.1 Å². The molecule has 0 saturated carbocycles. The minimum atomic E-state index is 0.262. The molecule has 6 nitrogen and oxygen atoms in total. The lowest BCUT2D eigenvalue weighted by Crippen LogP contribution is -2.13. The number of aromatic nitrogens is 2. The fourth-order valence-electron chi connectivity index (χ4n) is 1.34. The summed E-state index contributed by atoms with van der Waals surface area (Å²) >= 11 is 1.81. The van der Waals surface area contributed by atoms with Gasteiger partial charge < -0.3 is 15.8 Å². The maximum atomic E-state index is 8.65. The van der Waals surface area contributed by atoms with E-state index in [1.54, 1.807) is 6.07 Å². The number of nitrogen functional groups attached to an aromatic ring is 1. The van der Waals surface area contributed by atoms with Crippen molar-refractivity contribution in [3.05, 3.63) is 11.9 Å². The van der Waals surface area contributed by atoms with Crippen LogP contribution in [-0.2, 0) is 6.42 Å². The number of anilines is 2. The fraction of sp³-hybridized carbons (Fsp3) is 0.636. The summed E-state index contributed by atoms with van der Waals surface area (Å²) in [6.07, 6.45) is 1.62. The Kier molecular flexibility index (Phi) is 7.47. The summed E-state index contributed by atoms with van der Waals surface area (Å²) in [7, 11) is 0. The molecular weight excluding hydrogens is 250 g/mol. The first-order valence-corrected chi connectivity index (χ1v) is 7.22. The predicted octanol–water partition coefficient (Wildman–Crippen LogP) is 0.852. The van der Waals surface area contributed by atoms with Crippen molar-refractivity contribution in [1.82, 2.24) is 9.97 Å². The van der Waals surface area contributed by atoms with Crippen LogP contribution in [-0.4, -0.2) is 39.7 Å². The summed E-state index contributed by atoms with van der Waals surface area (Å²) in [5.74, 6) is 9.50. The van der Waals surface area contributed by atoms with Crippen molar-refractivity contribution < 1.29 is 5.11 Å². The van der Waals surface area contributed by atoms with Crippen LogP contribution in [0.1, 0.15) is 19.2 Å². The second-order valence-corrected chi connectivity index (χ2v) is 4.89. The number of nitrogens with zero attached hydrogens (tertiary/aromatic N) is 2. The Morgan fingerprint density at radius 3 is 2.78 bits per heavy atom. The van der Waals surface area contributed by atoms with Gasteiger partial charge in [0.2, 0.25) is 0 Å². The molecular formula is C11H21N5OS. The third kappa shape index (κ3) is 5.52. The van der Waals surface area contributed by atoms with Gasteiger partial charge >= 0.3 is 0 Å². The molecule has 0 fully saturated rings. The number of rotatable bonds is 9. The summed E-state index contributed by atoms with van der Waals surface area (Å²) in [4.78, 5) is 8.59. The Bertz CT molecular complexity index is 328. The minimum absolute atomic E-state index is 0.262. The van der Waals surface area contributed by atoms with E-state index in [-0.39, 0.29) is 6.61 Å². The summed E-state index contributed by atoms with van der Waals surface area (Å²) in [6, 6.07) is 1.79. The third-order valence-electron chi connectivity index (χ3n) is 2.24. The van der Waals surface area contributed by atoms with Gasteiger partial charge in [0.1, 0.15) is 17.5 Å². The Morgan fingerprint density at radius 2 is 2.11 bits per heavy atom. The number of aliphatic hydroxyl groups excluding tert-OH is 1. The molecule has 0 atom stereocenters. The molecule has 0 spiro atoms. The van der Waals surface area contributed by atoms with Crippen molar-refractivity contribution in [1.29, 1.82) is 0 Å². The van der Waals surface area contributed by atoms with Crippen molar-refractivity contribution in [2.45, 2.75) is 19.8 Å². The highest BCUT2D eigenvalue weighted by Gasteiger charge is 2.01. The molecule has 0 aliphatic carbocycles. The van der Waals surface area contributed by atoms with Gasteiger partial charge in [-0.2, -0.15) is 11.8 Å². The highest BCUT2D eigenvalue weighted by atomic mass is 32.2. The van der Waals surface area contributed by atoms with Crippen LogP contribution < -0.4 is 16.6 Å².